The minimum atomic E-state index is 0.214. The standard InChI is InChI=1S/C30H32N3/c1-17(2)20-9-11-24-22(14-20)21-10-8-18(3)26-28(21)33(24)25-13-19(15-30(4,5)6)12-23-27(25)29(26)32(7)16-31-23/h8-14,16-17H,15H2,1-7H3/q+1. The first-order chi connectivity index (χ1) is 15.6. The number of rotatable bonds is 2. The van der Waals surface area contributed by atoms with Crippen molar-refractivity contribution in [2.75, 3.05) is 0 Å². The van der Waals surface area contributed by atoms with Crippen molar-refractivity contribution in [3.05, 3.63) is 65.5 Å². The molecule has 0 atom stereocenters. The molecule has 0 aliphatic carbocycles. The van der Waals surface area contributed by atoms with Gasteiger partial charge in [0.25, 0.3) is 6.33 Å². The number of aromatic nitrogens is 3. The maximum Gasteiger partial charge on any atom is 0.287 e. The summed E-state index contributed by atoms with van der Waals surface area (Å²) in [7, 11) is 2.13. The van der Waals surface area contributed by atoms with Crippen molar-refractivity contribution in [3.63, 3.8) is 0 Å². The van der Waals surface area contributed by atoms with Gasteiger partial charge < -0.3 is 4.40 Å². The van der Waals surface area contributed by atoms with Gasteiger partial charge in [-0.2, -0.15) is 0 Å². The summed E-state index contributed by atoms with van der Waals surface area (Å²) in [4.78, 5) is 4.89. The topological polar surface area (TPSA) is 21.2 Å². The average molecular weight is 435 g/mol. The monoisotopic (exact) mass is 434 g/mol. The molecule has 0 aliphatic heterocycles. The number of benzene rings is 3. The zero-order valence-corrected chi connectivity index (χ0v) is 20.7. The van der Waals surface area contributed by atoms with Crippen molar-refractivity contribution in [1.29, 1.82) is 0 Å². The highest BCUT2D eigenvalue weighted by Gasteiger charge is 2.25. The lowest BCUT2D eigenvalue weighted by atomic mass is 9.87. The van der Waals surface area contributed by atoms with Crippen molar-refractivity contribution in [2.45, 2.75) is 53.9 Å². The van der Waals surface area contributed by atoms with Crippen LogP contribution in [0.4, 0.5) is 0 Å². The van der Waals surface area contributed by atoms with Crippen molar-refractivity contribution >= 4 is 49.1 Å². The van der Waals surface area contributed by atoms with E-state index in [1.165, 1.54) is 60.3 Å². The quantitative estimate of drug-likeness (QED) is 0.160. The van der Waals surface area contributed by atoms with Gasteiger partial charge in [-0.15, -0.1) is 0 Å². The van der Waals surface area contributed by atoms with Crippen LogP contribution in [0.15, 0.2) is 48.8 Å². The highest BCUT2D eigenvalue weighted by atomic mass is 15.0. The van der Waals surface area contributed by atoms with Crippen LogP contribution >= 0.6 is 0 Å². The Morgan fingerprint density at radius 1 is 0.939 bits per heavy atom. The molecule has 0 aliphatic rings. The number of hydrogen-bond donors (Lipinski definition) is 0. The molecule has 3 aromatic carbocycles. The van der Waals surface area contributed by atoms with Crippen LogP contribution in [0.2, 0.25) is 0 Å². The van der Waals surface area contributed by atoms with Gasteiger partial charge in [0.05, 0.1) is 29.0 Å². The van der Waals surface area contributed by atoms with E-state index in [9.17, 15) is 0 Å². The van der Waals surface area contributed by atoms with Crippen molar-refractivity contribution in [3.8, 4) is 0 Å². The summed E-state index contributed by atoms with van der Waals surface area (Å²) in [6.07, 6.45) is 3.00. The van der Waals surface area contributed by atoms with Crippen LogP contribution in [0, 0.1) is 12.3 Å². The lowest BCUT2D eigenvalue weighted by molar-refractivity contribution is -0.646. The summed E-state index contributed by atoms with van der Waals surface area (Å²) in [5.41, 5.74) is 10.5. The van der Waals surface area contributed by atoms with Crippen LogP contribution in [0.1, 0.15) is 57.2 Å². The fourth-order valence-corrected chi connectivity index (χ4v) is 5.72. The van der Waals surface area contributed by atoms with E-state index in [-0.39, 0.29) is 5.41 Å². The fourth-order valence-electron chi connectivity index (χ4n) is 5.72. The predicted octanol–water partition coefficient (Wildman–Crippen LogP) is 7.23. The first-order valence-electron chi connectivity index (χ1n) is 12.0. The van der Waals surface area contributed by atoms with E-state index in [1.54, 1.807) is 0 Å². The van der Waals surface area contributed by atoms with E-state index < -0.39 is 0 Å². The van der Waals surface area contributed by atoms with Crippen molar-refractivity contribution < 1.29 is 4.57 Å². The Morgan fingerprint density at radius 2 is 1.73 bits per heavy atom. The number of hydrogen-bond acceptors (Lipinski definition) is 1. The Balaban J connectivity index is 1.93. The van der Waals surface area contributed by atoms with Gasteiger partial charge in [0, 0.05) is 16.2 Å². The Bertz CT molecular complexity index is 1710. The van der Waals surface area contributed by atoms with E-state index >= 15 is 0 Å². The molecule has 0 spiro atoms. The van der Waals surface area contributed by atoms with E-state index in [1.807, 2.05) is 6.33 Å². The molecule has 3 heterocycles. The molecule has 3 aromatic heterocycles. The Hall–Kier alpha value is -3.20. The Labute approximate surface area is 195 Å². The molecule has 3 nitrogen and oxygen atoms in total. The summed E-state index contributed by atoms with van der Waals surface area (Å²) in [5, 5.41) is 5.27. The summed E-state index contributed by atoms with van der Waals surface area (Å²) in [6.45, 7) is 13.7. The molecular weight excluding hydrogens is 402 g/mol. The molecule has 0 amide bonds. The third-order valence-electron chi connectivity index (χ3n) is 7.16. The zero-order chi connectivity index (χ0) is 23.2. The predicted molar refractivity (Wildman–Crippen MR) is 140 cm³/mol. The minimum absolute atomic E-state index is 0.214. The molecule has 0 fully saturated rings. The summed E-state index contributed by atoms with van der Waals surface area (Å²) >= 11 is 0. The molecule has 6 rings (SSSR count). The van der Waals surface area contributed by atoms with Gasteiger partial charge in [-0.05, 0) is 70.6 Å². The second-order valence-electron chi connectivity index (χ2n) is 11.4. The van der Waals surface area contributed by atoms with Gasteiger partial charge in [0.15, 0.2) is 5.52 Å². The SMILES string of the molecule is Cc1ccc2c3cc(C(C)C)ccc3n3c4cc(CC(C)(C)C)cc5nc[n+](C)c(c1c23)c54. The highest BCUT2D eigenvalue weighted by Crippen LogP contribution is 2.41. The number of pyridine rings is 1. The fraction of sp³-hybridized carbons (Fsp3) is 0.333. The molecule has 0 radical (unpaired) electrons. The molecule has 6 aromatic rings. The second kappa shape index (κ2) is 6.66. The van der Waals surface area contributed by atoms with Crippen molar-refractivity contribution in [2.24, 2.45) is 12.5 Å². The smallest absolute Gasteiger partial charge is 0.287 e. The number of aryl methyl sites for hydroxylation is 2. The number of fused-ring (bicyclic) bond motifs is 5. The van der Waals surface area contributed by atoms with Crippen LogP contribution in [0.3, 0.4) is 0 Å². The van der Waals surface area contributed by atoms with E-state index in [4.69, 9.17) is 4.98 Å². The summed E-state index contributed by atoms with van der Waals surface area (Å²) in [5.74, 6) is 0.504. The third kappa shape index (κ3) is 2.88. The first-order valence-corrected chi connectivity index (χ1v) is 12.0. The van der Waals surface area contributed by atoms with Crippen LogP contribution in [-0.2, 0) is 13.5 Å². The Kier molecular flexibility index (Phi) is 4.12. The van der Waals surface area contributed by atoms with Crippen molar-refractivity contribution in [1.82, 2.24) is 9.38 Å². The molecule has 3 heteroatoms. The van der Waals surface area contributed by atoms with Gasteiger partial charge >= 0.3 is 0 Å². The van der Waals surface area contributed by atoms with Crippen LogP contribution in [-0.4, -0.2) is 9.38 Å². The largest absolute Gasteiger partial charge is 0.308 e. The van der Waals surface area contributed by atoms with E-state index in [2.05, 4.69) is 100 Å². The maximum atomic E-state index is 4.89. The van der Waals surface area contributed by atoms with Gasteiger partial charge in [-0.3, -0.25) is 0 Å². The summed E-state index contributed by atoms with van der Waals surface area (Å²) < 4.78 is 4.72. The Morgan fingerprint density at radius 3 is 2.45 bits per heavy atom. The molecule has 0 saturated heterocycles. The molecular formula is C30H32N3+. The van der Waals surface area contributed by atoms with Gasteiger partial charge in [-0.1, -0.05) is 52.8 Å². The van der Waals surface area contributed by atoms with Gasteiger partial charge in [-0.25, -0.2) is 4.57 Å². The molecule has 166 valence electrons. The van der Waals surface area contributed by atoms with E-state index in [0.717, 1.165) is 11.9 Å². The molecule has 0 unspecified atom stereocenters. The van der Waals surface area contributed by atoms with E-state index in [0.29, 0.717) is 5.92 Å². The minimum Gasteiger partial charge on any atom is -0.308 e. The molecule has 33 heavy (non-hydrogen) atoms. The normalized spacial score (nSPS) is 13.1. The lowest BCUT2D eigenvalue weighted by Crippen LogP contribution is -2.30. The van der Waals surface area contributed by atoms with Gasteiger partial charge in [0.1, 0.15) is 5.52 Å². The molecule has 0 saturated carbocycles. The second-order valence-corrected chi connectivity index (χ2v) is 11.4. The maximum absolute atomic E-state index is 4.89. The third-order valence-corrected chi connectivity index (χ3v) is 7.16. The van der Waals surface area contributed by atoms with Crippen LogP contribution in [0.5, 0.6) is 0 Å². The molecule has 0 N–H and O–H groups in total. The first kappa shape index (κ1) is 20.4. The molecule has 0 bridgehead atoms. The van der Waals surface area contributed by atoms with Crippen LogP contribution < -0.4 is 4.57 Å². The number of nitrogens with zero attached hydrogens (tertiary/aromatic N) is 3. The average Bonchev–Trinajstić information content (AvgIpc) is 3.07. The van der Waals surface area contributed by atoms with Gasteiger partial charge in [0.2, 0.25) is 0 Å². The lowest BCUT2D eigenvalue weighted by Gasteiger charge is -2.19. The highest BCUT2D eigenvalue weighted by molar-refractivity contribution is 6.25. The zero-order valence-electron chi connectivity index (χ0n) is 20.7. The van der Waals surface area contributed by atoms with Crippen LogP contribution in [0.25, 0.3) is 49.1 Å². The summed E-state index contributed by atoms with van der Waals surface area (Å²) in [6, 6.07) is 16.4.